The molecule has 0 bridgehead atoms. The van der Waals surface area contributed by atoms with E-state index in [0.29, 0.717) is 5.91 Å². The highest BCUT2D eigenvalue weighted by molar-refractivity contribution is 5.76. The molecule has 0 unspecified atom stereocenters. The van der Waals surface area contributed by atoms with Gasteiger partial charge in [-0.25, -0.2) is 0 Å². The van der Waals surface area contributed by atoms with E-state index < -0.39 is 0 Å². The normalized spacial score (nSPS) is 17.8. The maximum absolute atomic E-state index is 11.9. The SMILES string of the molecule is CCCCC(=O)N1CCC(CCOC(C)(C)C)CC1. The Morgan fingerprint density at radius 3 is 2.42 bits per heavy atom. The number of carbonyl (C=O) groups excluding carboxylic acids is 1. The fraction of sp³-hybridized carbons (Fsp3) is 0.938. The lowest BCUT2D eigenvalue weighted by molar-refractivity contribution is -0.132. The molecule has 1 saturated heterocycles. The number of ether oxygens (including phenoxy) is 1. The largest absolute Gasteiger partial charge is 0.376 e. The minimum atomic E-state index is -0.0309. The van der Waals surface area contributed by atoms with Gasteiger partial charge in [0.05, 0.1) is 5.60 Å². The van der Waals surface area contributed by atoms with E-state index in [1.165, 1.54) is 0 Å². The molecule has 3 heteroatoms. The first-order valence-electron chi connectivity index (χ1n) is 7.84. The number of carbonyl (C=O) groups is 1. The van der Waals surface area contributed by atoms with Crippen molar-refractivity contribution in [1.29, 1.82) is 0 Å². The number of nitrogens with zero attached hydrogens (tertiary/aromatic N) is 1. The van der Waals surface area contributed by atoms with Crippen molar-refractivity contribution < 1.29 is 9.53 Å². The van der Waals surface area contributed by atoms with Gasteiger partial charge in [0.15, 0.2) is 0 Å². The topological polar surface area (TPSA) is 29.5 Å². The Labute approximate surface area is 118 Å². The van der Waals surface area contributed by atoms with Crippen LogP contribution in [0.4, 0.5) is 0 Å². The molecule has 0 aliphatic carbocycles. The molecule has 1 amide bonds. The fourth-order valence-electron chi connectivity index (χ4n) is 2.49. The summed E-state index contributed by atoms with van der Waals surface area (Å²) in [7, 11) is 0. The van der Waals surface area contributed by atoms with Gasteiger partial charge in [-0.1, -0.05) is 13.3 Å². The zero-order chi connectivity index (χ0) is 14.3. The monoisotopic (exact) mass is 269 g/mol. The Bertz CT molecular complexity index is 262. The third-order valence-electron chi connectivity index (χ3n) is 3.77. The standard InChI is InChI=1S/C16H31NO2/c1-5-6-7-15(18)17-11-8-14(9-12-17)10-13-19-16(2,3)4/h14H,5-13H2,1-4H3. The Kier molecular flexibility index (Phi) is 6.84. The van der Waals surface area contributed by atoms with E-state index in [1.54, 1.807) is 0 Å². The van der Waals surface area contributed by atoms with Crippen LogP contribution in [0.1, 0.15) is 66.2 Å². The number of hydrogen-bond donors (Lipinski definition) is 0. The maximum Gasteiger partial charge on any atom is 0.222 e. The first-order chi connectivity index (χ1) is 8.92. The molecule has 0 spiro atoms. The van der Waals surface area contributed by atoms with Crippen LogP contribution in [0.25, 0.3) is 0 Å². The van der Waals surface area contributed by atoms with Gasteiger partial charge in [0, 0.05) is 26.1 Å². The van der Waals surface area contributed by atoms with Crippen LogP contribution in [0.3, 0.4) is 0 Å². The fourth-order valence-corrected chi connectivity index (χ4v) is 2.49. The predicted octanol–water partition coefficient (Wildman–Crippen LogP) is 3.62. The van der Waals surface area contributed by atoms with Crippen molar-refractivity contribution in [3.63, 3.8) is 0 Å². The van der Waals surface area contributed by atoms with Gasteiger partial charge in [-0.15, -0.1) is 0 Å². The molecule has 3 nitrogen and oxygen atoms in total. The third kappa shape index (κ3) is 6.95. The number of rotatable bonds is 6. The molecule has 1 fully saturated rings. The van der Waals surface area contributed by atoms with Crippen LogP contribution in [0.2, 0.25) is 0 Å². The van der Waals surface area contributed by atoms with Crippen LogP contribution in [0, 0.1) is 5.92 Å². The zero-order valence-corrected chi connectivity index (χ0v) is 13.2. The van der Waals surface area contributed by atoms with Crippen LogP contribution in [0.15, 0.2) is 0 Å². The summed E-state index contributed by atoms with van der Waals surface area (Å²) in [6.07, 6.45) is 6.28. The van der Waals surface area contributed by atoms with Crippen LogP contribution in [0.5, 0.6) is 0 Å². The molecule has 0 atom stereocenters. The van der Waals surface area contributed by atoms with E-state index >= 15 is 0 Å². The van der Waals surface area contributed by atoms with Gasteiger partial charge >= 0.3 is 0 Å². The van der Waals surface area contributed by atoms with Gasteiger partial charge in [0.25, 0.3) is 0 Å². The highest BCUT2D eigenvalue weighted by atomic mass is 16.5. The van der Waals surface area contributed by atoms with E-state index in [9.17, 15) is 4.79 Å². The summed E-state index contributed by atoms with van der Waals surface area (Å²) in [5.74, 6) is 1.09. The quantitative estimate of drug-likeness (QED) is 0.737. The van der Waals surface area contributed by atoms with E-state index in [1.807, 2.05) is 0 Å². The average molecular weight is 269 g/mol. The molecule has 0 radical (unpaired) electrons. The molecule has 1 aliphatic rings. The van der Waals surface area contributed by atoms with E-state index in [4.69, 9.17) is 4.74 Å². The highest BCUT2D eigenvalue weighted by Gasteiger charge is 2.22. The number of likely N-dealkylation sites (tertiary alicyclic amines) is 1. The molecular formula is C16H31NO2. The smallest absolute Gasteiger partial charge is 0.222 e. The van der Waals surface area contributed by atoms with Crippen molar-refractivity contribution in [2.24, 2.45) is 5.92 Å². The Hall–Kier alpha value is -0.570. The van der Waals surface area contributed by atoms with Crippen LogP contribution in [-0.4, -0.2) is 36.1 Å². The van der Waals surface area contributed by atoms with Gasteiger partial charge in [0.1, 0.15) is 0 Å². The summed E-state index contributed by atoms with van der Waals surface area (Å²) < 4.78 is 5.78. The predicted molar refractivity (Wildman–Crippen MR) is 79.2 cm³/mol. The van der Waals surface area contributed by atoms with E-state index in [0.717, 1.165) is 64.1 Å². The average Bonchev–Trinajstić information content (AvgIpc) is 2.35. The van der Waals surface area contributed by atoms with E-state index in [-0.39, 0.29) is 5.60 Å². The van der Waals surface area contributed by atoms with Gasteiger partial charge in [-0.2, -0.15) is 0 Å². The molecule has 1 rings (SSSR count). The molecular weight excluding hydrogens is 238 g/mol. The highest BCUT2D eigenvalue weighted by Crippen LogP contribution is 2.22. The molecule has 112 valence electrons. The van der Waals surface area contributed by atoms with Crippen molar-refractivity contribution >= 4 is 5.91 Å². The summed E-state index contributed by atoms with van der Waals surface area (Å²) in [4.78, 5) is 14.0. The number of hydrogen-bond acceptors (Lipinski definition) is 2. The Balaban J connectivity index is 2.16. The lowest BCUT2D eigenvalue weighted by Gasteiger charge is -2.32. The molecule has 0 aromatic heterocycles. The van der Waals surface area contributed by atoms with Gasteiger partial charge in [-0.05, 0) is 52.4 Å². The summed E-state index contributed by atoms with van der Waals surface area (Å²) in [6, 6.07) is 0. The molecule has 0 aromatic carbocycles. The van der Waals surface area contributed by atoms with Crippen molar-refractivity contribution in [2.75, 3.05) is 19.7 Å². The Morgan fingerprint density at radius 1 is 1.26 bits per heavy atom. The lowest BCUT2D eigenvalue weighted by Crippen LogP contribution is -2.38. The minimum absolute atomic E-state index is 0.0309. The summed E-state index contributed by atoms with van der Waals surface area (Å²) in [5, 5.41) is 0. The first-order valence-corrected chi connectivity index (χ1v) is 7.84. The second kappa shape index (κ2) is 7.88. The lowest BCUT2D eigenvalue weighted by atomic mass is 9.93. The van der Waals surface area contributed by atoms with Gasteiger partial charge < -0.3 is 9.64 Å². The molecule has 0 N–H and O–H groups in total. The van der Waals surface area contributed by atoms with Crippen molar-refractivity contribution in [3.8, 4) is 0 Å². The second-order valence-electron chi connectivity index (χ2n) is 6.68. The molecule has 1 aliphatic heterocycles. The molecule has 19 heavy (non-hydrogen) atoms. The number of unbranched alkanes of at least 4 members (excludes halogenated alkanes) is 1. The van der Waals surface area contributed by atoms with Crippen LogP contribution < -0.4 is 0 Å². The Morgan fingerprint density at radius 2 is 1.89 bits per heavy atom. The van der Waals surface area contributed by atoms with E-state index in [2.05, 4.69) is 32.6 Å². The summed E-state index contributed by atoms with van der Waals surface area (Å²) in [6.45, 7) is 11.2. The van der Waals surface area contributed by atoms with Crippen molar-refractivity contribution in [3.05, 3.63) is 0 Å². The molecule has 0 saturated carbocycles. The van der Waals surface area contributed by atoms with Gasteiger partial charge in [0.2, 0.25) is 5.91 Å². The van der Waals surface area contributed by atoms with Crippen molar-refractivity contribution in [1.82, 2.24) is 4.90 Å². The van der Waals surface area contributed by atoms with Gasteiger partial charge in [-0.3, -0.25) is 4.79 Å². The summed E-state index contributed by atoms with van der Waals surface area (Å²) >= 11 is 0. The first kappa shape index (κ1) is 16.5. The molecule has 0 aromatic rings. The minimum Gasteiger partial charge on any atom is -0.376 e. The molecule has 1 heterocycles. The summed E-state index contributed by atoms with van der Waals surface area (Å²) in [5.41, 5.74) is -0.0309. The van der Waals surface area contributed by atoms with Crippen LogP contribution >= 0.6 is 0 Å². The van der Waals surface area contributed by atoms with Crippen LogP contribution in [-0.2, 0) is 9.53 Å². The van der Waals surface area contributed by atoms with Crippen molar-refractivity contribution in [2.45, 2.75) is 71.8 Å². The second-order valence-corrected chi connectivity index (χ2v) is 6.68. The maximum atomic E-state index is 11.9. The number of piperidine rings is 1. The number of amides is 1. The third-order valence-corrected chi connectivity index (χ3v) is 3.77. The zero-order valence-electron chi connectivity index (χ0n) is 13.2.